The van der Waals surface area contributed by atoms with Crippen LogP contribution in [0.15, 0.2) is 164 Å². The first-order chi connectivity index (χ1) is 24.2. The summed E-state index contributed by atoms with van der Waals surface area (Å²) in [5, 5.41) is 5.13. The number of hydrogen-bond acceptors (Lipinski definition) is 1. The van der Waals surface area contributed by atoms with Gasteiger partial charge in [0.05, 0.1) is 16.4 Å². The molecule has 11 rings (SSSR count). The average molecular weight is 623 g/mol. The summed E-state index contributed by atoms with van der Waals surface area (Å²) >= 11 is 0. The standard InChI is InChI=1S/C47H30N2/c1-29-48-44-16-8-9-17-45(44)49(29)35-23-20-30(21-24-35)32-18-19-33-27-40-39-25-22-31-10-2-3-11-36(31)46(39)47(43(40)28-34(33)26-32)41-14-6-4-12-37(41)38-13-5-7-15-42(38)47/h2-28H,1H3. The van der Waals surface area contributed by atoms with Crippen LogP contribution in [-0.4, -0.2) is 9.55 Å². The fourth-order valence-corrected chi connectivity index (χ4v) is 9.11. The molecule has 2 aliphatic rings. The number of benzene rings is 8. The second kappa shape index (κ2) is 9.65. The van der Waals surface area contributed by atoms with Crippen molar-refractivity contribution in [3.8, 4) is 39.1 Å². The Labute approximate surface area is 284 Å². The van der Waals surface area contributed by atoms with Crippen LogP contribution in [0.5, 0.6) is 0 Å². The van der Waals surface area contributed by atoms with Crippen molar-refractivity contribution in [2.24, 2.45) is 0 Å². The number of imidazole rings is 1. The van der Waals surface area contributed by atoms with Crippen molar-refractivity contribution in [1.29, 1.82) is 0 Å². The van der Waals surface area contributed by atoms with E-state index in [2.05, 4.69) is 169 Å². The van der Waals surface area contributed by atoms with Crippen molar-refractivity contribution in [3.05, 3.63) is 192 Å². The minimum Gasteiger partial charge on any atom is -0.297 e. The lowest BCUT2D eigenvalue weighted by molar-refractivity contribution is 0.802. The second-order valence-electron chi connectivity index (χ2n) is 13.5. The SMILES string of the molecule is Cc1nc2ccccc2n1-c1ccc(-c2ccc3cc4c(cc3c2)C2(c3ccccc3-c3ccccc32)c2c-4ccc3ccccc23)cc1. The molecule has 0 bridgehead atoms. The molecule has 1 heterocycles. The summed E-state index contributed by atoms with van der Waals surface area (Å²) in [6, 6.07) is 60.9. The first-order valence-electron chi connectivity index (χ1n) is 17.1. The molecular formula is C47H30N2. The number of aromatic nitrogens is 2. The van der Waals surface area contributed by atoms with E-state index in [1.165, 1.54) is 77.2 Å². The van der Waals surface area contributed by atoms with Gasteiger partial charge in [-0.3, -0.25) is 4.57 Å². The van der Waals surface area contributed by atoms with E-state index in [9.17, 15) is 0 Å². The van der Waals surface area contributed by atoms with Crippen LogP contribution in [0.3, 0.4) is 0 Å². The van der Waals surface area contributed by atoms with Gasteiger partial charge in [0, 0.05) is 5.69 Å². The number of fused-ring (bicyclic) bond motifs is 14. The molecule has 0 fully saturated rings. The number of nitrogens with zero attached hydrogens (tertiary/aromatic N) is 2. The van der Waals surface area contributed by atoms with Gasteiger partial charge in [-0.1, -0.05) is 121 Å². The van der Waals surface area contributed by atoms with Crippen molar-refractivity contribution in [2.45, 2.75) is 12.3 Å². The highest BCUT2D eigenvalue weighted by Gasteiger charge is 2.52. The molecule has 0 radical (unpaired) electrons. The smallest absolute Gasteiger partial charge is 0.111 e. The molecule has 0 amide bonds. The first-order valence-corrected chi connectivity index (χ1v) is 17.1. The number of aryl methyl sites for hydroxylation is 1. The quantitative estimate of drug-likeness (QED) is 0.188. The minimum absolute atomic E-state index is 0.393. The van der Waals surface area contributed by atoms with Crippen LogP contribution < -0.4 is 0 Å². The number of rotatable bonds is 2. The van der Waals surface area contributed by atoms with Crippen molar-refractivity contribution in [3.63, 3.8) is 0 Å². The van der Waals surface area contributed by atoms with E-state index in [0.717, 1.165) is 22.5 Å². The highest BCUT2D eigenvalue weighted by molar-refractivity contribution is 6.06. The van der Waals surface area contributed by atoms with Crippen LogP contribution in [-0.2, 0) is 5.41 Å². The zero-order chi connectivity index (χ0) is 32.3. The summed E-state index contributed by atoms with van der Waals surface area (Å²) in [7, 11) is 0. The Balaban J connectivity index is 1.13. The van der Waals surface area contributed by atoms with E-state index < -0.39 is 5.41 Å². The maximum Gasteiger partial charge on any atom is 0.111 e. The van der Waals surface area contributed by atoms with Gasteiger partial charge in [-0.15, -0.1) is 0 Å². The predicted octanol–water partition coefficient (Wildman–Crippen LogP) is 11.7. The van der Waals surface area contributed by atoms with Gasteiger partial charge in [-0.2, -0.15) is 0 Å². The van der Waals surface area contributed by atoms with Crippen LogP contribution >= 0.6 is 0 Å². The van der Waals surface area contributed by atoms with Crippen LogP contribution in [0.25, 0.3) is 71.6 Å². The predicted molar refractivity (Wildman–Crippen MR) is 203 cm³/mol. The van der Waals surface area contributed by atoms with Crippen LogP contribution in [0.4, 0.5) is 0 Å². The topological polar surface area (TPSA) is 17.8 Å². The van der Waals surface area contributed by atoms with Gasteiger partial charge < -0.3 is 0 Å². The Morgan fingerprint density at radius 3 is 1.96 bits per heavy atom. The maximum absolute atomic E-state index is 4.79. The summed E-state index contributed by atoms with van der Waals surface area (Å²) < 4.78 is 2.24. The fourth-order valence-electron chi connectivity index (χ4n) is 9.11. The monoisotopic (exact) mass is 622 g/mol. The van der Waals surface area contributed by atoms with Crippen molar-refractivity contribution < 1.29 is 0 Å². The molecule has 0 unspecified atom stereocenters. The molecule has 0 atom stereocenters. The lowest BCUT2D eigenvalue weighted by Crippen LogP contribution is -2.26. The molecule has 1 aromatic heterocycles. The molecule has 0 saturated heterocycles. The molecule has 0 aliphatic heterocycles. The third-order valence-electron chi connectivity index (χ3n) is 11.1. The van der Waals surface area contributed by atoms with Gasteiger partial charge in [0.1, 0.15) is 5.82 Å². The largest absolute Gasteiger partial charge is 0.297 e. The van der Waals surface area contributed by atoms with E-state index >= 15 is 0 Å². The normalized spacial score (nSPS) is 13.6. The van der Waals surface area contributed by atoms with Gasteiger partial charge in [-0.05, 0) is 127 Å². The van der Waals surface area contributed by atoms with E-state index in [-0.39, 0.29) is 0 Å². The Hall–Kier alpha value is -6.25. The van der Waals surface area contributed by atoms with E-state index in [1.54, 1.807) is 0 Å². The van der Waals surface area contributed by atoms with Gasteiger partial charge in [0.15, 0.2) is 0 Å². The van der Waals surface area contributed by atoms with Gasteiger partial charge >= 0.3 is 0 Å². The highest BCUT2D eigenvalue weighted by Crippen LogP contribution is 2.64. The fraction of sp³-hybridized carbons (Fsp3) is 0.0426. The van der Waals surface area contributed by atoms with Crippen LogP contribution in [0.1, 0.15) is 28.1 Å². The van der Waals surface area contributed by atoms with Crippen molar-refractivity contribution in [2.75, 3.05) is 0 Å². The molecule has 49 heavy (non-hydrogen) atoms. The van der Waals surface area contributed by atoms with Crippen molar-refractivity contribution >= 4 is 32.6 Å². The van der Waals surface area contributed by atoms with Gasteiger partial charge in [-0.25, -0.2) is 4.98 Å². The highest BCUT2D eigenvalue weighted by atomic mass is 15.1. The van der Waals surface area contributed by atoms with E-state index in [1.807, 2.05) is 6.07 Å². The Bertz CT molecular complexity index is 2790. The van der Waals surface area contributed by atoms with Gasteiger partial charge in [0.25, 0.3) is 0 Å². The Morgan fingerprint density at radius 2 is 1.14 bits per heavy atom. The molecule has 2 aliphatic carbocycles. The van der Waals surface area contributed by atoms with Crippen LogP contribution in [0.2, 0.25) is 0 Å². The molecular weight excluding hydrogens is 593 g/mol. The Kier molecular flexibility index (Phi) is 5.28. The van der Waals surface area contributed by atoms with Crippen LogP contribution in [0, 0.1) is 6.92 Å². The first kappa shape index (κ1) is 26.8. The van der Waals surface area contributed by atoms with E-state index in [4.69, 9.17) is 4.98 Å². The third kappa shape index (κ3) is 3.48. The average Bonchev–Trinajstić information content (AvgIpc) is 3.76. The summed E-state index contributed by atoms with van der Waals surface area (Å²) in [4.78, 5) is 4.79. The summed E-state index contributed by atoms with van der Waals surface area (Å²) in [5.74, 6) is 0.992. The molecule has 228 valence electrons. The summed E-state index contributed by atoms with van der Waals surface area (Å²) in [6.07, 6.45) is 0. The second-order valence-corrected chi connectivity index (χ2v) is 13.5. The summed E-state index contributed by atoms with van der Waals surface area (Å²) in [5.41, 5.74) is 16.2. The number of para-hydroxylation sites is 2. The molecule has 2 nitrogen and oxygen atoms in total. The molecule has 0 saturated carbocycles. The molecule has 9 aromatic rings. The van der Waals surface area contributed by atoms with Gasteiger partial charge in [0.2, 0.25) is 0 Å². The molecule has 2 heteroatoms. The van der Waals surface area contributed by atoms with Crippen molar-refractivity contribution in [1.82, 2.24) is 9.55 Å². The zero-order valence-electron chi connectivity index (χ0n) is 27.0. The lowest BCUT2D eigenvalue weighted by Gasteiger charge is -2.31. The summed E-state index contributed by atoms with van der Waals surface area (Å²) in [6.45, 7) is 2.07. The molecule has 8 aromatic carbocycles. The minimum atomic E-state index is -0.393. The lowest BCUT2D eigenvalue weighted by atomic mass is 9.69. The maximum atomic E-state index is 4.79. The molecule has 0 N–H and O–H groups in total. The Morgan fingerprint density at radius 1 is 0.469 bits per heavy atom. The van der Waals surface area contributed by atoms with E-state index in [0.29, 0.717) is 0 Å². The number of hydrogen-bond donors (Lipinski definition) is 0. The molecule has 1 spiro atoms. The third-order valence-corrected chi connectivity index (χ3v) is 11.1. The zero-order valence-corrected chi connectivity index (χ0v) is 27.0.